The van der Waals surface area contributed by atoms with Gasteiger partial charge in [0.15, 0.2) is 5.92 Å². The third-order valence-corrected chi connectivity index (χ3v) is 2.11. The Kier molecular flexibility index (Phi) is 7.32. The lowest BCUT2D eigenvalue weighted by Gasteiger charge is -2.02. The number of unbranched alkanes of at least 4 members (excludes halogenated alkanes) is 3. The number of rotatable bonds is 8. The standard InChI is InChI=1S/C11H18O4/c1-2-3-4-5-6-7-8-9(10(12)13)11(14)15/h6-7,9H,2-5,8H2,1H3,(H,12,13)(H,14,15)/b7-6-. The molecule has 0 aromatic rings. The summed E-state index contributed by atoms with van der Waals surface area (Å²) in [5.74, 6) is -3.87. The highest BCUT2D eigenvalue weighted by Crippen LogP contribution is 2.06. The molecule has 0 aromatic carbocycles. The molecule has 0 fully saturated rings. The highest BCUT2D eigenvalue weighted by molar-refractivity contribution is 5.92. The van der Waals surface area contributed by atoms with Crippen molar-refractivity contribution in [2.75, 3.05) is 0 Å². The minimum absolute atomic E-state index is 0.0663. The number of hydrogen-bond donors (Lipinski definition) is 2. The molecule has 0 unspecified atom stereocenters. The van der Waals surface area contributed by atoms with E-state index in [2.05, 4.69) is 6.92 Å². The van der Waals surface area contributed by atoms with Crippen LogP contribution in [0.2, 0.25) is 0 Å². The quantitative estimate of drug-likeness (QED) is 0.369. The third kappa shape index (κ3) is 6.71. The predicted octanol–water partition coefficient (Wildman–Crippen LogP) is 2.30. The number of carboxylic acids is 2. The van der Waals surface area contributed by atoms with Gasteiger partial charge in [0, 0.05) is 0 Å². The molecule has 0 amide bonds. The monoisotopic (exact) mass is 214 g/mol. The molecule has 0 heterocycles. The van der Waals surface area contributed by atoms with Crippen LogP contribution in [0.5, 0.6) is 0 Å². The Morgan fingerprint density at radius 3 is 2.20 bits per heavy atom. The normalized spacial score (nSPS) is 11.1. The zero-order valence-electron chi connectivity index (χ0n) is 8.98. The van der Waals surface area contributed by atoms with E-state index in [-0.39, 0.29) is 6.42 Å². The second-order valence-electron chi connectivity index (χ2n) is 3.43. The van der Waals surface area contributed by atoms with Crippen molar-refractivity contribution in [2.24, 2.45) is 5.92 Å². The summed E-state index contributed by atoms with van der Waals surface area (Å²) < 4.78 is 0. The summed E-state index contributed by atoms with van der Waals surface area (Å²) in [6.07, 6.45) is 7.80. The maximum Gasteiger partial charge on any atom is 0.318 e. The molecule has 0 spiro atoms. The van der Waals surface area contributed by atoms with Gasteiger partial charge in [-0.05, 0) is 19.3 Å². The smallest absolute Gasteiger partial charge is 0.318 e. The first kappa shape index (κ1) is 13.7. The third-order valence-electron chi connectivity index (χ3n) is 2.11. The van der Waals surface area contributed by atoms with Crippen LogP contribution < -0.4 is 0 Å². The van der Waals surface area contributed by atoms with Crippen LogP contribution in [0.3, 0.4) is 0 Å². The topological polar surface area (TPSA) is 74.6 Å². The van der Waals surface area contributed by atoms with E-state index in [0.29, 0.717) is 0 Å². The van der Waals surface area contributed by atoms with Gasteiger partial charge in [0.1, 0.15) is 0 Å². The summed E-state index contributed by atoms with van der Waals surface area (Å²) in [4.78, 5) is 21.0. The van der Waals surface area contributed by atoms with E-state index in [0.717, 1.165) is 25.7 Å². The van der Waals surface area contributed by atoms with Crippen molar-refractivity contribution in [3.05, 3.63) is 12.2 Å². The Balaban J connectivity index is 3.79. The largest absolute Gasteiger partial charge is 0.481 e. The van der Waals surface area contributed by atoms with Crippen LogP contribution in [0, 0.1) is 5.92 Å². The lowest BCUT2D eigenvalue weighted by atomic mass is 10.1. The first-order chi connectivity index (χ1) is 7.09. The van der Waals surface area contributed by atoms with Crippen LogP contribution in [0.15, 0.2) is 12.2 Å². The van der Waals surface area contributed by atoms with Crippen molar-refractivity contribution in [3.8, 4) is 0 Å². The second kappa shape index (κ2) is 8.03. The lowest BCUT2D eigenvalue weighted by Crippen LogP contribution is -2.22. The van der Waals surface area contributed by atoms with Gasteiger partial charge in [0.25, 0.3) is 0 Å². The molecule has 0 atom stereocenters. The van der Waals surface area contributed by atoms with E-state index in [1.54, 1.807) is 6.08 Å². The minimum atomic E-state index is -1.31. The van der Waals surface area contributed by atoms with E-state index in [9.17, 15) is 9.59 Å². The van der Waals surface area contributed by atoms with E-state index >= 15 is 0 Å². The molecule has 0 aromatic heterocycles. The van der Waals surface area contributed by atoms with Gasteiger partial charge in [0.05, 0.1) is 0 Å². The zero-order chi connectivity index (χ0) is 11.7. The minimum Gasteiger partial charge on any atom is -0.481 e. The summed E-state index contributed by atoms with van der Waals surface area (Å²) in [7, 11) is 0. The Labute approximate surface area is 89.6 Å². The highest BCUT2D eigenvalue weighted by atomic mass is 16.4. The predicted molar refractivity (Wildman–Crippen MR) is 56.7 cm³/mol. The van der Waals surface area contributed by atoms with Crippen molar-refractivity contribution in [3.63, 3.8) is 0 Å². The van der Waals surface area contributed by atoms with Crippen molar-refractivity contribution in [1.29, 1.82) is 0 Å². The number of hydrogen-bond acceptors (Lipinski definition) is 2. The van der Waals surface area contributed by atoms with Gasteiger partial charge in [-0.25, -0.2) is 0 Å². The van der Waals surface area contributed by atoms with Crippen LogP contribution >= 0.6 is 0 Å². The molecule has 0 rings (SSSR count). The number of carboxylic acid groups (broad SMARTS) is 2. The molecule has 2 N–H and O–H groups in total. The first-order valence-electron chi connectivity index (χ1n) is 5.20. The molecule has 0 saturated carbocycles. The Morgan fingerprint density at radius 2 is 1.73 bits per heavy atom. The Hall–Kier alpha value is -1.32. The van der Waals surface area contributed by atoms with Crippen LogP contribution in [0.4, 0.5) is 0 Å². The SMILES string of the molecule is CCCCC/C=C\CC(C(=O)O)C(=O)O. The molecule has 86 valence electrons. The van der Waals surface area contributed by atoms with Crippen molar-refractivity contribution in [2.45, 2.75) is 39.0 Å². The summed E-state index contributed by atoms with van der Waals surface area (Å²) in [5.41, 5.74) is 0. The summed E-state index contributed by atoms with van der Waals surface area (Å²) in [5, 5.41) is 17.1. The Morgan fingerprint density at radius 1 is 1.13 bits per heavy atom. The number of aliphatic carboxylic acids is 2. The average molecular weight is 214 g/mol. The molecular formula is C11H18O4. The fourth-order valence-corrected chi connectivity index (χ4v) is 1.17. The molecule has 0 saturated heterocycles. The van der Waals surface area contributed by atoms with Crippen LogP contribution in [0.1, 0.15) is 39.0 Å². The van der Waals surface area contributed by atoms with Gasteiger partial charge in [-0.3, -0.25) is 9.59 Å². The fourth-order valence-electron chi connectivity index (χ4n) is 1.17. The van der Waals surface area contributed by atoms with Crippen molar-refractivity contribution in [1.82, 2.24) is 0 Å². The van der Waals surface area contributed by atoms with Gasteiger partial charge in [0.2, 0.25) is 0 Å². The number of carbonyl (C=O) groups is 2. The summed E-state index contributed by atoms with van der Waals surface area (Å²) in [6, 6.07) is 0. The molecule has 15 heavy (non-hydrogen) atoms. The van der Waals surface area contributed by atoms with E-state index < -0.39 is 17.9 Å². The van der Waals surface area contributed by atoms with Crippen LogP contribution in [-0.4, -0.2) is 22.2 Å². The van der Waals surface area contributed by atoms with Gasteiger partial charge in [-0.2, -0.15) is 0 Å². The molecule has 4 heteroatoms. The van der Waals surface area contributed by atoms with Gasteiger partial charge in [-0.15, -0.1) is 0 Å². The molecular weight excluding hydrogens is 196 g/mol. The van der Waals surface area contributed by atoms with Crippen molar-refractivity contribution >= 4 is 11.9 Å². The van der Waals surface area contributed by atoms with Crippen LogP contribution in [-0.2, 0) is 9.59 Å². The maximum atomic E-state index is 10.5. The molecule has 4 nitrogen and oxygen atoms in total. The van der Waals surface area contributed by atoms with Crippen molar-refractivity contribution < 1.29 is 19.8 Å². The van der Waals surface area contributed by atoms with Crippen LogP contribution in [0.25, 0.3) is 0 Å². The average Bonchev–Trinajstić information content (AvgIpc) is 2.15. The summed E-state index contributed by atoms with van der Waals surface area (Å²) in [6.45, 7) is 2.11. The van der Waals surface area contributed by atoms with E-state index in [1.165, 1.54) is 0 Å². The Bertz CT molecular complexity index is 219. The molecule has 0 aliphatic rings. The van der Waals surface area contributed by atoms with Gasteiger partial charge >= 0.3 is 11.9 Å². The molecule has 0 aliphatic carbocycles. The van der Waals surface area contributed by atoms with E-state index in [4.69, 9.17) is 10.2 Å². The summed E-state index contributed by atoms with van der Waals surface area (Å²) >= 11 is 0. The number of allylic oxidation sites excluding steroid dienone is 2. The van der Waals surface area contributed by atoms with E-state index in [1.807, 2.05) is 6.08 Å². The first-order valence-corrected chi connectivity index (χ1v) is 5.20. The molecule has 0 aliphatic heterocycles. The second-order valence-corrected chi connectivity index (χ2v) is 3.43. The molecule has 0 radical (unpaired) electrons. The van der Waals surface area contributed by atoms with Gasteiger partial charge in [-0.1, -0.05) is 31.9 Å². The zero-order valence-corrected chi connectivity index (χ0v) is 8.98. The maximum absolute atomic E-state index is 10.5. The highest BCUT2D eigenvalue weighted by Gasteiger charge is 2.23. The fraction of sp³-hybridized carbons (Fsp3) is 0.636. The van der Waals surface area contributed by atoms with Gasteiger partial charge < -0.3 is 10.2 Å². The lowest BCUT2D eigenvalue weighted by molar-refractivity contribution is -0.154. The molecule has 0 bridgehead atoms.